The molecule has 0 bridgehead atoms. The first-order valence-corrected chi connectivity index (χ1v) is 28.9. The second kappa shape index (κ2) is 13.8. The summed E-state index contributed by atoms with van der Waals surface area (Å²) in [6.07, 6.45) is 4.90. The zero-order valence-electron chi connectivity index (χ0n) is 28.9. The zero-order valence-corrected chi connectivity index (χ0v) is 32.8. The van der Waals surface area contributed by atoms with E-state index in [1.807, 2.05) is 64.1 Å². The van der Waals surface area contributed by atoms with E-state index in [4.69, 9.17) is 0 Å². The fraction of sp³-hybridized carbons (Fsp3) is 0.209. The summed E-state index contributed by atoms with van der Waals surface area (Å²) in [4.78, 5) is 0. The summed E-state index contributed by atoms with van der Waals surface area (Å²) in [5.41, 5.74) is 12.8. The van der Waals surface area contributed by atoms with Crippen molar-refractivity contribution in [1.29, 1.82) is 0 Å². The summed E-state index contributed by atoms with van der Waals surface area (Å²) in [5.74, 6) is 0.829. The van der Waals surface area contributed by atoms with Crippen molar-refractivity contribution in [2.24, 2.45) is 0 Å². The molecule has 0 radical (unpaired) electrons. The van der Waals surface area contributed by atoms with Crippen LogP contribution in [0, 0.1) is 27.7 Å². The summed E-state index contributed by atoms with van der Waals surface area (Å²) in [6.45, 7) is 14.7. The number of phenolic OH excluding ortho intramolecular Hbond substituents is 2. The van der Waals surface area contributed by atoms with E-state index in [9.17, 15) is 10.2 Å². The molecule has 0 spiro atoms. The number of benzene rings is 5. The fourth-order valence-corrected chi connectivity index (χ4v) is 33.4. The van der Waals surface area contributed by atoms with Crippen LogP contribution in [-0.2, 0) is 17.4 Å². The molecule has 5 aromatic rings. The molecule has 2 aliphatic rings. The fourth-order valence-electron chi connectivity index (χ4n) is 8.12. The maximum absolute atomic E-state index is 9.21. The first kappa shape index (κ1) is 34.6. The molecule has 2 nitrogen and oxygen atoms in total. The molecule has 47 heavy (non-hydrogen) atoms. The molecule has 0 saturated carbocycles. The molecule has 2 unspecified atom stereocenters. The van der Waals surface area contributed by atoms with Crippen molar-refractivity contribution in [3.8, 4) is 11.5 Å². The Labute approximate surface area is 284 Å². The summed E-state index contributed by atoms with van der Waals surface area (Å²) in [5, 5.41) is 18.4. The van der Waals surface area contributed by atoms with Gasteiger partial charge in [0.15, 0.2) is 0 Å². The normalized spacial score (nSPS) is 16.4. The van der Waals surface area contributed by atoms with Crippen molar-refractivity contribution >= 4 is 22.3 Å². The van der Waals surface area contributed by atoms with Crippen LogP contribution in [0.2, 0.25) is 4.63 Å². The van der Waals surface area contributed by atoms with Crippen LogP contribution in [0.3, 0.4) is 0 Å². The summed E-state index contributed by atoms with van der Waals surface area (Å²) < 4.78 is 5.42. The van der Waals surface area contributed by atoms with Crippen LogP contribution < -0.4 is 3.27 Å². The van der Waals surface area contributed by atoms with E-state index in [-0.39, 0.29) is 0 Å². The molecule has 240 valence electrons. The maximum atomic E-state index is 9.21. The molecule has 0 aromatic heterocycles. The molecule has 5 aromatic carbocycles. The molecule has 2 N–H and O–H groups in total. The van der Waals surface area contributed by atoms with E-state index in [0.29, 0.717) is 18.8 Å². The van der Waals surface area contributed by atoms with Gasteiger partial charge in [0.25, 0.3) is 0 Å². The van der Waals surface area contributed by atoms with Crippen LogP contribution in [0.1, 0.15) is 65.6 Å². The number of phenols is 2. The number of aromatic hydroxyl groups is 2. The van der Waals surface area contributed by atoms with Gasteiger partial charge in [-0.25, -0.2) is 0 Å². The zero-order chi connectivity index (χ0) is 34.0. The van der Waals surface area contributed by atoms with Crippen molar-refractivity contribution < 1.29 is 27.6 Å². The van der Waals surface area contributed by atoms with Gasteiger partial charge in [-0.3, -0.25) is 0 Å². The van der Waals surface area contributed by atoms with E-state index in [0.717, 1.165) is 22.3 Å². The van der Waals surface area contributed by atoms with Gasteiger partial charge in [0.2, 0.25) is 0 Å². The van der Waals surface area contributed by atoms with Gasteiger partial charge in [-0.05, 0) is 49.9 Å². The van der Waals surface area contributed by atoms with Crippen molar-refractivity contribution in [3.63, 3.8) is 0 Å². The number of rotatable bonds is 3. The van der Waals surface area contributed by atoms with Gasteiger partial charge in [0, 0.05) is 0 Å². The molecular formula is C43H48O2SiZr. The first-order valence-electron chi connectivity index (χ1n) is 16.5. The van der Waals surface area contributed by atoms with E-state index < -0.39 is 17.4 Å². The van der Waals surface area contributed by atoms with Crippen LogP contribution in [0.5, 0.6) is 11.5 Å². The SMILES string of the molecule is CC1=Cc2ccccc2[CH]1[Zr]([CH3])(=[SiH2])([c]1ccccc1)[CH]1C(C)=Cc2ccccc21.Cc1cccc(C)c1O.Cc1cccc(C)c1O. The second-order valence-electron chi connectivity index (χ2n) is 14.0. The topological polar surface area (TPSA) is 40.5 Å². The Morgan fingerprint density at radius 1 is 0.468 bits per heavy atom. The van der Waals surface area contributed by atoms with Crippen molar-refractivity contribution in [1.82, 2.24) is 0 Å². The minimum atomic E-state index is -3.71. The standard InChI is InChI=1S/2C10H9.2C8H10O.C6H5.CH3.H2Si.Zr/c2*1-8-6-9-4-2-3-5-10(9)7-8;2*1-6-4-3-5-7(2)8(6)9;1-2-4-6-5-3-1;;;/h2*2-7H,1H3;2*3-5,9H,1-2H3;1-5H;1H3;1H2;. The van der Waals surface area contributed by atoms with Crippen molar-refractivity contribution in [2.75, 3.05) is 0 Å². The summed E-state index contributed by atoms with van der Waals surface area (Å²) in [7, 11) is 0. The van der Waals surface area contributed by atoms with Crippen LogP contribution in [0.25, 0.3) is 12.2 Å². The first-order chi connectivity index (χ1) is 22.3. The van der Waals surface area contributed by atoms with Gasteiger partial charge in [-0.1, -0.05) is 36.4 Å². The quantitative estimate of drug-likeness (QED) is 0.183. The third kappa shape index (κ3) is 6.56. The second-order valence-corrected chi connectivity index (χ2v) is 40.3. The van der Waals surface area contributed by atoms with Gasteiger partial charge in [0.1, 0.15) is 11.5 Å². The number of aryl methyl sites for hydroxylation is 4. The third-order valence-electron chi connectivity index (χ3n) is 10.4. The molecular weight excluding hydrogens is 668 g/mol. The van der Waals surface area contributed by atoms with Gasteiger partial charge in [-0.15, -0.1) is 0 Å². The summed E-state index contributed by atoms with van der Waals surface area (Å²) >= 11 is -3.71. The minimum Gasteiger partial charge on any atom is -0.507 e. The molecule has 7 rings (SSSR count). The molecule has 2 aliphatic carbocycles. The van der Waals surface area contributed by atoms with Gasteiger partial charge >= 0.3 is 178 Å². The number of allylic oxidation sites excluding steroid dienone is 2. The van der Waals surface area contributed by atoms with Crippen molar-refractivity contribution in [3.05, 3.63) is 171 Å². The molecule has 2 atom stereocenters. The van der Waals surface area contributed by atoms with Crippen molar-refractivity contribution in [2.45, 2.75) is 53.4 Å². The van der Waals surface area contributed by atoms with Crippen LogP contribution in [-0.4, -0.2) is 17.1 Å². The average molecular weight is 716 g/mol. The smallest absolute Gasteiger partial charge is 0.121 e. The number of fused-ring (bicyclic) bond motifs is 2. The van der Waals surface area contributed by atoms with E-state index in [1.54, 1.807) is 25.5 Å². The Bertz CT molecular complexity index is 1890. The monoisotopic (exact) mass is 714 g/mol. The number of para-hydroxylation sites is 2. The predicted molar refractivity (Wildman–Crippen MR) is 201 cm³/mol. The maximum Gasteiger partial charge on any atom is 0.121 e. The van der Waals surface area contributed by atoms with Crippen LogP contribution in [0.4, 0.5) is 0 Å². The van der Waals surface area contributed by atoms with E-state index in [2.05, 4.69) is 116 Å². The van der Waals surface area contributed by atoms with E-state index >= 15 is 0 Å². The Balaban J connectivity index is 0.000000196. The van der Waals surface area contributed by atoms with Crippen LogP contribution in [0.15, 0.2) is 126 Å². The third-order valence-corrected chi connectivity index (χ3v) is 34.2. The molecule has 0 aliphatic heterocycles. The Hall–Kier alpha value is -3.72. The van der Waals surface area contributed by atoms with Crippen LogP contribution >= 0.6 is 0 Å². The average Bonchev–Trinajstić information content (AvgIpc) is 3.60. The van der Waals surface area contributed by atoms with Gasteiger partial charge in [0.05, 0.1) is 0 Å². The molecule has 0 saturated heterocycles. The Morgan fingerprint density at radius 3 is 1.17 bits per heavy atom. The largest absolute Gasteiger partial charge is 0.507 e. The Kier molecular flexibility index (Phi) is 10.2. The molecule has 0 heterocycles. The molecule has 0 amide bonds. The Morgan fingerprint density at radius 2 is 0.809 bits per heavy atom. The number of hydrogen-bond donors (Lipinski definition) is 2. The molecule has 0 fully saturated rings. The van der Waals surface area contributed by atoms with Gasteiger partial charge < -0.3 is 10.2 Å². The molecule has 4 heteroatoms. The van der Waals surface area contributed by atoms with Gasteiger partial charge in [-0.2, -0.15) is 0 Å². The summed E-state index contributed by atoms with van der Waals surface area (Å²) in [6, 6.07) is 41.2. The predicted octanol–water partition coefficient (Wildman–Crippen LogP) is 9.93. The van der Waals surface area contributed by atoms with E-state index in [1.165, 1.54) is 11.1 Å². The number of hydrogen-bond acceptors (Lipinski definition) is 2. The minimum absolute atomic E-state index is 0.414.